The van der Waals surface area contributed by atoms with Gasteiger partial charge in [0.2, 0.25) is 0 Å². The van der Waals surface area contributed by atoms with E-state index in [0.29, 0.717) is 6.61 Å². The Morgan fingerprint density at radius 1 is 1.33 bits per heavy atom. The Morgan fingerprint density at radius 3 is 2.61 bits per heavy atom. The molecule has 1 heterocycles. The van der Waals surface area contributed by atoms with E-state index >= 15 is 0 Å². The maximum absolute atomic E-state index is 11.8. The number of hydrogen-bond acceptors (Lipinski definition) is 4. The van der Waals surface area contributed by atoms with Gasteiger partial charge in [-0.3, -0.25) is 0 Å². The highest BCUT2D eigenvalue weighted by molar-refractivity contribution is 7.98. The fraction of sp³-hybridized carbons (Fsp3) is 0.462. The van der Waals surface area contributed by atoms with Crippen molar-refractivity contribution in [1.82, 2.24) is 10.2 Å². The van der Waals surface area contributed by atoms with Crippen LogP contribution in [0.25, 0.3) is 0 Å². The number of hydrogen-bond donors (Lipinski definition) is 1. The number of amides is 1. The number of nitrogens with zero attached hydrogens (tertiary/aromatic N) is 1. The maximum atomic E-state index is 11.8. The Labute approximate surface area is 112 Å². The molecule has 0 atom stereocenters. The van der Waals surface area contributed by atoms with Crippen LogP contribution in [-0.2, 0) is 11.3 Å². The Balaban J connectivity index is 1.80. The third-order valence-corrected chi connectivity index (χ3v) is 3.64. The van der Waals surface area contributed by atoms with Crippen LogP contribution in [0.3, 0.4) is 0 Å². The van der Waals surface area contributed by atoms with Gasteiger partial charge in [-0.05, 0) is 24.0 Å². The second-order valence-electron chi connectivity index (χ2n) is 4.14. The van der Waals surface area contributed by atoms with Crippen molar-refractivity contribution in [2.75, 3.05) is 32.4 Å². The molecule has 0 spiro atoms. The highest BCUT2D eigenvalue weighted by Gasteiger charge is 2.17. The second kappa shape index (κ2) is 6.66. The molecule has 0 aromatic heterocycles. The van der Waals surface area contributed by atoms with Crippen molar-refractivity contribution in [2.24, 2.45) is 0 Å². The van der Waals surface area contributed by atoms with Crippen LogP contribution in [-0.4, -0.2) is 43.4 Å². The minimum Gasteiger partial charge on any atom is -0.445 e. The van der Waals surface area contributed by atoms with Crippen molar-refractivity contribution in [3.05, 3.63) is 29.8 Å². The summed E-state index contributed by atoms with van der Waals surface area (Å²) < 4.78 is 5.29. The van der Waals surface area contributed by atoms with E-state index in [-0.39, 0.29) is 6.09 Å². The zero-order chi connectivity index (χ0) is 12.8. The molecule has 5 heteroatoms. The molecule has 0 unspecified atom stereocenters. The van der Waals surface area contributed by atoms with E-state index in [2.05, 4.69) is 5.32 Å². The van der Waals surface area contributed by atoms with Crippen LogP contribution in [0.15, 0.2) is 29.2 Å². The summed E-state index contributed by atoms with van der Waals surface area (Å²) in [5.74, 6) is 0. The molecule has 1 aromatic rings. The van der Waals surface area contributed by atoms with Crippen LogP contribution in [0.5, 0.6) is 0 Å². The predicted octanol–water partition coefficient (Wildman–Crippen LogP) is 1.95. The third-order valence-electron chi connectivity index (χ3n) is 2.90. The average molecular weight is 266 g/mol. The smallest absolute Gasteiger partial charge is 0.410 e. The number of piperazine rings is 1. The summed E-state index contributed by atoms with van der Waals surface area (Å²) in [6.07, 6.45) is 1.82. The number of carbonyl (C=O) groups is 1. The van der Waals surface area contributed by atoms with Gasteiger partial charge in [-0.25, -0.2) is 4.79 Å². The van der Waals surface area contributed by atoms with Crippen LogP contribution >= 0.6 is 11.8 Å². The third kappa shape index (κ3) is 3.65. The molecular formula is C13H18N2O2S. The first kappa shape index (κ1) is 13.2. The quantitative estimate of drug-likeness (QED) is 0.849. The van der Waals surface area contributed by atoms with Gasteiger partial charge in [0.05, 0.1) is 0 Å². The van der Waals surface area contributed by atoms with Crippen LogP contribution in [0.1, 0.15) is 5.56 Å². The first-order valence-electron chi connectivity index (χ1n) is 6.05. The molecule has 4 nitrogen and oxygen atoms in total. The van der Waals surface area contributed by atoms with Crippen molar-refractivity contribution >= 4 is 17.9 Å². The topological polar surface area (TPSA) is 41.6 Å². The number of thioether (sulfide) groups is 1. The molecule has 1 saturated heterocycles. The van der Waals surface area contributed by atoms with E-state index in [9.17, 15) is 4.79 Å². The van der Waals surface area contributed by atoms with Gasteiger partial charge in [0.1, 0.15) is 6.61 Å². The van der Waals surface area contributed by atoms with Gasteiger partial charge >= 0.3 is 6.09 Å². The van der Waals surface area contributed by atoms with E-state index < -0.39 is 0 Å². The monoisotopic (exact) mass is 266 g/mol. The van der Waals surface area contributed by atoms with Gasteiger partial charge in [0, 0.05) is 31.1 Å². The SMILES string of the molecule is CSc1ccc(COC(=O)N2CCNCC2)cc1. The number of ether oxygens (including phenoxy) is 1. The number of nitrogens with one attached hydrogen (secondary N) is 1. The lowest BCUT2D eigenvalue weighted by molar-refractivity contribution is 0.0918. The molecule has 0 aliphatic carbocycles. The van der Waals surface area contributed by atoms with Crippen molar-refractivity contribution in [1.29, 1.82) is 0 Å². The average Bonchev–Trinajstić information content (AvgIpc) is 2.46. The molecule has 1 aliphatic rings. The molecule has 1 aliphatic heterocycles. The largest absolute Gasteiger partial charge is 0.445 e. The zero-order valence-corrected chi connectivity index (χ0v) is 11.3. The van der Waals surface area contributed by atoms with Gasteiger partial charge in [-0.2, -0.15) is 0 Å². The van der Waals surface area contributed by atoms with Gasteiger partial charge in [0.15, 0.2) is 0 Å². The fourth-order valence-corrected chi connectivity index (χ4v) is 2.21. The molecule has 2 rings (SSSR count). The van der Waals surface area contributed by atoms with Crippen molar-refractivity contribution in [3.63, 3.8) is 0 Å². The molecule has 1 amide bonds. The fourth-order valence-electron chi connectivity index (χ4n) is 1.81. The van der Waals surface area contributed by atoms with Crippen LogP contribution in [0.4, 0.5) is 4.79 Å². The maximum Gasteiger partial charge on any atom is 0.410 e. The normalized spacial score (nSPS) is 15.5. The summed E-state index contributed by atoms with van der Waals surface area (Å²) in [7, 11) is 0. The van der Waals surface area contributed by atoms with Crippen LogP contribution < -0.4 is 5.32 Å². The van der Waals surface area contributed by atoms with E-state index in [4.69, 9.17) is 4.74 Å². The van der Waals surface area contributed by atoms with E-state index in [1.165, 1.54) is 4.90 Å². The van der Waals surface area contributed by atoms with Crippen molar-refractivity contribution < 1.29 is 9.53 Å². The number of benzene rings is 1. The Bertz CT molecular complexity index is 388. The first-order chi connectivity index (χ1) is 8.79. The molecule has 18 heavy (non-hydrogen) atoms. The van der Waals surface area contributed by atoms with Gasteiger partial charge in [-0.1, -0.05) is 12.1 Å². The standard InChI is InChI=1S/C13H18N2O2S/c1-18-12-4-2-11(3-5-12)10-17-13(16)15-8-6-14-7-9-15/h2-5,14H,6-10H2,1H3. The Morgan fingerprint density at radius 2 is 2.00 bits per heavy atom. The van der Waals surface area contributed by atoms with Crippen molar-refractivity contribution in [2.45, 2.75) is 11.5 Å². The number of carbonyl (C=O) groups excluding carboxylic acids is 1. The minimum absolute atomic E-state index is 0.217. The number of rotatable bonds is 3. The van der Waals surface area contributed by atoms with Gasteiger partial charge in [-0.15, -0.1) is 11.8 Å². The summed E-state index contributed by atoms with van der Waals surface area (Å²) in [6.45, 7) is 3.49. The molecule has 1 N–H and O–H groups in total. The first-order valence-corrected chi connectivity index (χ1v) is 7.27. The zero-order valence-electron chi connectivity index (χ0n) is 10.5. The summed E-state index contributed by atoms with van der Waals surface area (Å²) in [5, 5.41) is 3.20. The Kier molecular flexibility index (Phi) is 4.90. The summed E-state index contributed by atoms with van der Waals surface area (Å²) in [4.78, 5) is 14.7. The van der Waals surface area contributed by atoms with Gasteiger partial charge < -0.3 is 15.0 Å². The summed E-state index contributed by atoms with van der Waals surface area (Å²) in [5.41, 5.74) is 1.02. The lowest BCUT2D eigenvalue weighted by Crippen LogP contribution is -2.46. The summed E-state index contributed by atoms with van der Waals surface area (Å²) in [6, 6.07) is 8.07. The molecule has 0 bridgehead atoms. The van der Waals surface area contributed by atoms with E-state index in [0.717, 1.165) is 31.7 Å². The summed E-state index contributed by atoms with van der Waals surface area (Å²) >= 11 is 1.70. The highest BCUT2D eigenvalue weighted by atomic mass is 32.2. The molecule has 0 radical (unpaired) electrons. The predicted molar refractivity (Wildman–Crippen MR) is 72.9 cm³/mol. The lowest BCUT2D eigenvalue weighted by Gasteiger charge is -2.26. The molecule has 0 saturated carbocycles. The lowest BCUT2D eigenvalue weighted by atomic mass is 10.2. The molecule has 98 valence electrons. The second-order valence-corrected chi connectivity index (χ2v) is 5.02. The minimum atomic E-state index is -0.217. The van der Waals surface area contributed by atoms with Crippen LogP contribution in [0, 0.1) is 0 Å². The van der Waals surface area contributed by atoms with Gasteiger partial charge in [0.25, 0.3) is 0 Å². The van der Waals surface area contributed by atoms with E-state index in [1.807, 2.05) is 30.5 Å². The van der Waals surface area contributed by atoms with E-state index in [1.54, 1.807) is 16.7 Å². The van der Waals surface area contributed by atoms with Crippen molar-refractivity contribution in [3.8, 4) is 0 Å². The van der Waals surface area contributed by atoms with Crippen LogP contribution in [0.2, 0.25) is 0 Å². The Hall–Kier alpha value is -1.20. The molecule has 1 aromatic carbocycles. The molecule has 1 fully saturated rings. The highest BCUT2D eigenvalue weighted by Crippen LogP contribution is 2.15. The molecular weight excluding hydrogens is 248 g/mol.